The number of rotatable bonds is 9. The van der Waals surface area contributed by atoms with Crippen molar-refractivity contribution in [3.8, 4) is 0 Å². The Kier molecular flexibility index (Phi) is 11.2. The van der Waals surface area contributed by atoms with Crippen LogP contribution in [0.15, 0.2) is 11.6 Å². The molecule has 1 aliphatic carbocycles. The summed E-state index contributed by atoms with van der Waals surface area (Å²) < 4.78 is 19.6. The largest absolute Gasteiger partial charge is 0.456 e. The molecule has 12 nitrogen and oxygen atoms in total. The highest BCUT2D eigenvalue weighted by Crippen LogP contribution is 2.52. The van der Waals surface area contributed by atoms with Gasteiger partial charge in [0.1, 0.15) is 17.5 Å². The molecule has 5 rings (SSSR count). The predicted octanol–water partition coefficient (Wildman–Crippen LogP) is 0.0655. The lowest BCUT2D eigenvalue weighted by molar-refractivity contribution is -0.286. The maximum absolute atomic E-state index is 13.5. The molecule has 5 aliphatic rings. The number of ether oxygens (including phenoxy) is 3. The summed E-state index contributed by atoms with van der Waals surface area (Å²) in [6.45, 7) is 4.56. The van der Waals surface area contributed by atoms with E-state index in [0.717, 1.165) is 45.2 Å². The van der Waals surface area contributed by atoms with Gasteiger partial charge in [-0.15, -0.1) is 0 Å². The van der Waals surface area contributed by atoms with Gasteiger partial charge in [0.15, 0.2) is 0 Å². The van der Waals surface area contributed by atoms with Crippen LogP contribution in [0.5, 0.6) is 0 Å². The second kappa shape index (κ2) is 14.5. The van der Waals surface area contributed by atoms with Gasteiger partial charge >= 0.3 is 5.97 Å². The van der Waals surface area contributed by atoms with Crippen LogP contribution in [-0.4, -0.2) is 102 Å². The van der Waals surface area contributed by atoms with Crippen molar-refractivity contribution >= 4 is 11.8 Å². The van der Waals surface area contributed by atoms with Gasteiger partial charge in [-0.3, -0.25) is 4.79 Å². The molecule has 0 amide bonds. The Morgan fingerprint density at radius 3 is 2.57 bits per heavy atom. The van der Waals surface area contributed by atoms with Crippen molar-refractivity contribution in [1.29, 1.82) is 0 Å². The third-order valence-corrected chi connectivity index (χ3v) is 11.1. The Morgan fingerprint density at radius 2 is 1.91 bits per heavy atom. The van der Waals surface area contributed by atoms with E-state index < -0.39 is 60.5 Å². The van der Waals surface area contributed by atoms with Crippen molar-refractivity contribution in [3.05, 3.63) is 11.6 Å². The normalized spacial score (nSPS) is 44.9. The molecule has 1 saturated carbocycles. The summed E-state index contributed by atoms with van der Waals surface area (Å²) in [7, 11) is 0. The summed E-state index contributed by atoms with van der Waals surface area (Å²) in [5, 5.41) is 38.2. The van der Waals surface area contributed by atoms with E-state index in [2.05, 4.69) is 10.6 Å². The molecular weight excluding hydrogens is 568 g/mol. The molecule has 0 radical (unpaired) electrons. The van der Waals surface area contributed by atoms with Crippen molar-refractivity contribution in [2.45, 2.75) is 120 Å². The number of hydrogen-bond acceptors (Lipinski definition) is 12. The van der Waals surface area contributed by atoms with E-state index in [4.69, 9.17) is 25.7 Å². The van der Waals surface area contributed by atoms with Crippen molar-refractivity contribution in [2.24, 2.45) is 41.1 Å². The minimum atomic E-state index is -1.04. The fraction of sp³-hybridized carbons (Fsp3) is 0.875. The van der Waals surface area contributed by atoms with Crippen LogP contribution in [0.25, 0.3) is 0 Å². The minimum Gasteiger partial charge on any atom is -0.456 e. The Balaban J connectivity index is 1.45. The van der Waals surface area contributed by atoms with E-state index in [9.17, 15) is 24.9 Å². The number of fused-ring (bicyclic) bond motifs is 2. The van der Waals surface area contributed by atoms with Gasteiger partial charge in [-0.1, -0.05) is 6.08 Å². The number of carbonyl (C=O) groups excluding carboxylic acids is 2. The first-order chi connectivity index (χ1) is 21.1. The number of nitrogens with one attached hydrogen (secondary N) is 2. The van der Waals surface area contributed by atoms with Crippen LogP contribution in [0.1, 0.15) is 71.6 Å². The standard InChI is InChI=1S/C32H54N4O8/c1-3-19(15-37)31(41)43-24-13-21-28(40)27-23(39)12-20(16-38)42-30(27)22(10-18-7-9-35-26(34)11-18)29(21)44-32(24,2)8-6-17-4-5-25(33)36-14-17/h3,17-18,20-22,24-30,35-38,40H,4-16,33-34H2,1-2H3. The monoisotopic (exact) mass is 622 g/mol. The molecule has 0 aromatic heterocycles. The molecule has 0 aromatic carbocycles. The van der Waals surface area contributed by atoms with Gasteiger partial charge in [-0.25, -0.2) is 4.79 Å². The number of carbonyl (C=O) groups is 2. The number of aliphatic hydroxyl groups excluding tert-OH is 3. The molecule has 4 heterocycles. The highest BCUT2D eigenvalue weighted by atomic mass is 16.6. The molecule has 0 spiro atoms. The van der Waals surface area contributed by atoms with E-state index in [0.29, 0.717) is 25.2 Å². The van der Waals surface area contributed by atoms with Gasteiger partial charge in [0.2, 0.25) is 0 Å². The van der Waals surface area contributed by atoms with Crippen LogP contribution in [0.4, 0.5) is 0 Å². The number of allylic oxidation sites excluding steroid dienone is 1. The molecule has 5 fully saturated rings. The first-order valence-electron chi connectivity index (χ1n) is 16.7. The molecule has 13 atom stereocenters. The van der Waals surface area contributed by atoms with Crippen LogP contribution in [0.3, 0.4) is 0 Å². The van der Waals surface area contributed by atoms with E-state index in [1.165, 1.54) is 0 Å². The summed E-state index contributed by atoms with van der Waals surface area (Å²) in [6.07, 6.45) is 4.19. The van der Waals surface area contributed by atoms with E-state index in [1.807, 2.05) is 6.92 Å². The van der Waals surface area contributed by atoms with Crippen LogP contribution in [-0.2, 0) is 23.8 Å². The van der Waals surface area contributed by atoms with Gasteiger partial charge in [0, 0.05) is 18.3 Å². The third-order valence-electron chi connectivity index (χ3n) is 11.1. The summed E-state index contributed by atoms with van der Waals surface area (Å²) >= 11 is 0. The van der Waals surface area contributed by atoms with Gasteiger partial charge in [0.25, 0.3) is 0 Å². The zero-order chi connectivity index (χ0) is 31.6. The first kappa shape index (κ1) is 33.9. The zero-order valence-corrected chi connectivity index (χ0v) is 26.2. The molecule has 250 valence electrons. The van der Waals surface area contributed by atoms with Gasteiger partial charge in [0.05, 0.1) is 61.5 Å². The lowest BCUT2D eigenvalue weighted by atomic mass is 9.60. The fourth-order valence-corrected chi connectivity index (χ4v) is 8.50. The Hall–Kier alpha value is -1.48. The Labute approximate surface area is 260 Å². The van der Waals surface area contributed by atoms with Crippen molar-refractivity contribution < 1.29 is 39.1 Å². The number of Topliss-reactive ketones (excluding diaryl/α,β-unsaturated/α-hetero) is 1. The van der Waals surface area contributed by atoms with Crippen LogP contribution in [0, 0.1) is 29.6 Å². The molecule has 12 heteroatoms. The van der Waals surface area contributed by atoms with Gasteiger partial charge in [-0.05, 0) is 90.1 Å². The van der Waals surface area contributed by atoms with Crippen molar-refractivity contribution in [3.63, 3.8) is 0 Å². The number of nitrogens with two attached hydrogens (primary N) is 2. The molecule has 13 unspecified atom stereocenters. The third kappa shape index (κ3) is 7.24. The molecule has 9 N–H and O–H groups in total. The second-order valence-electron chi connectivity index (χ2n) is 14.1. The van der Waals surface area contributed by atoms with E-state index in [1.54, 1.807) is 13.0 Å². The van der Waals surface area contributed by atoms with Crippen molar-refractivity contribution in [2.75, 3.05) is 26.3 Å². The van der Waals surface area contributed by atoms with Crippen LogP contribution < -0.4 is 22.1 Å². The number of aliphatic hydroxyl groups is 3. The topological polar surface area (TPSA) is 199 Å². The summed E-state index contributed by atoms with van der Waals surface area (Å²) in [5.41, 5.74) is 11.6. The molecule has 44 heavy (non-hydrogen) atoms. The van der Waals surface area contributed by atoms with E-state index >= 15 is 0 Å². The number of ketones is 1. The minimum absolute atomic E-state index is 0.00134. The van der Waals surface area contributed by atoms with Crippen LogP contribution in [0.2, 0.25) is 0 Å². The first-order valence-corrected chi connectivity index (χ1v) is 16.7. The Bertz CT molecular complexity index is 1040. The Morgan fingerprint density at radius 1 is 1.11 bits per heavy atom. The number of hydrogen-bond donors (Lipinski definition) is 7. The average molecular weight is 623 g/mol. The maximum atomic E-state index is 13.5. The molecule has 0 aromatic rings. The van der Waals surface area contributed by atoms with Crippen molar-refractivity contribution in [1.82, 2.24) is 10.6 Å². The van der Waals surface area contributed by atoms with Gasteiger partial charge < -0.3 is 51.6 Å². The second-order valence-corrected chi connectivity index (χ2v) is 14.1. The predicted molar refractivity (Wildman–Crippen MR) is 162 cm³/mol. The van der Waals surface area contributed by atoms with Gasteiger partial charge in [-0.2, -0.15) is 0 Å². The average Bonchev–Trinajstić information content (AvgIpc) is 3.00. The van der Waals surface area contributed by atoms with Crippen LogP contribution >= 0.6 is 0 Å². The quantitative estimate of drug-likeness (QED) is 0.135. The summed E-state index contributed by atoms with van der Waals surface area (Å²) in [4.78, 5) is 26.6. The lowest BCUT2D eigenvalue weighted by Gasteiger charge is -2.58. The molecule has 0 bridgehead atoms. The number of piperidine rings is 2. The fourth-order valence-electron chi connectivity index (χ4n) is 8.50. The lowest BCUT2D eigenvalue weighted by Crippen LogP contribution is -2.68. The summed E-state index contributed by atoms with van der Waals surface area (Å²) in [5.74, 6) is -1.46. The highest BCUT2D eigenvalue weighted by Gasteiger charge is 2.61. The maximum Gasteiger partial charge on any atom is 0.336 e. The molecule has 4 saturated heterocycles. The number of esters is 1. The smallest absolute Gasteiger partial charge is 0.336 e. The zero-order valence-electron chi connectivity index (χ0n) is 26.2. The SMILES string of the molecule is CC=C(CO)C(=O)OC1CC2C(O)C3C(=O)CC(CO)OC3C(CC3CCNC(N)C3)C2OC1(C)CCC1CCC(N)NC1. The van der Waals surface area contributed by atoms with E-state index in [-0.39, 0.29) is 48.6 Å². The molecular formula is C32H54N4O8. The highest BCUT2D eigenvalue weighted by molar-refractivity contribution is 5.88. The summed E-state index contributed by atoms with van der Waals surface area (Å²) in [6, 6.07) is 0. The molecule has 4 aliphatic heterocycles.